The Morgan fingerprint density at radius 2 is 1.94 bits per heavy atom. The van der Waals surface area contributed by atoms with E-state index >= 15 is 0 Å². The Morgan fingerprint density at radius 3 is 2.58 bits per heavy atom. The number of hydrogen-bond donors (Lipinski definition) is 3. The lowest BCUT2D eigenvalue weighted by Gasteiger charge is -2.34. The number of halogens is 2. The maximum absolute atomic E-state index is 13.7. The van der Waals surface area contributed by atoms with Crippen molar-refractivity contribution in [2.75, 3.05) is 26.2 Å². The molecule has 2 aromatic carbocycles. The fourth-order valence-corrected chi connectivity index (χ4v) is 4.04. The SMILES string of the molecule is CC(C(=O)O)c1ccc(F)cc1OC[C@@](C)(O)CNC1CCN(Cc2ccc(Cl)cc2)CC1. The summed E-state index contributed by atoms with van der Waals surface area (Å²) in [7, 11) is 0. The van der Waals surface area contributed by atoms with E-state index in [4.69, 9.17) is 16.3 Å². The number of likely N-dealkylation sites (tertiary alicyclic amines) is 1. The van der Waals surface area contributed by atoms with Crippen molar-refractivity contribution < 1.29 is 24.1 Å². The molecule has 0 spiro atoms. The average Bonchev–Trinajstić information content (AvgIpc) is 2.78. The smallest absolute Gasteiger partial charge is 0.310 e. The van der Waals surface area contributed by atoms with Gasteiger partial charge in [-0.2, -0.15) is 0 Å². The molecule has 0 bridgehead atoms. The van der Waals surface area contributed by atoms with Crippen LogP contribution in [0.3, 0.4) is 0 Å². The lowest BCUT2D eigenvalue weighted by molar-refractivity contribution is -0.138. The molecule has 2 aromatic rings. The van der Waals surface area contributed by atoms with Gasteiger partial charge in [0.25, 0.3) is 0 Å². The van der Waals surface area contributed by atoms with Gasteiger partial charge in [0.2, 0.25) is 0 Å². The molecule has 0 amide bonds. The first kappa shape index (κ1) is 25.4. The quantitative estimate of drug-likeness (QED) is 0.478. The first-order valence-corrected chi connectivity index (χ1v) is 11.6. The van der Waals surface area contributed by atoms with E-state index in [0.29, 0.717) is 12.1 Å². The third kappa shape index (κ3) is 7.67. The highest BCUT2D eigenvalue weighted by atomic mass is 35.5. The van der Waals surface area contributed by atoms with Gasteiger partial charge in [-0.25, -0.2) is 4.39 Å². The molecule has 8 heteroatoms. The summed E-state index contributed by atoms with van der Waals surface area (Å²) in [6, 6.07) is 12.0. The number of nitrogens with zero attached hydrogens (tertiary/aromatic N) is 1. The summed E-state index contributed by atoms with van der Waals surface area (Å²) in [5, 5.41) is 24.2. The predicted molar refractivity (Wildman–Crippen MR) is 126 cm³/mol. The fraction of sp³-hybridized carbons (Fsp3) is 0.480. The van der Waals surface area contributed by atoms with E-state index in [2.05, 4.69) is 10.2 Å². The molecule has 6 nitrogen and oxygen atoms in total. The minimum absolute atomic E-state index is 0.0851. The Labute approximate surface area is 199 Å². The molecule has 1 aliphatic heterocycles. The minimum atomic E-state index is -1.20. The third-order valence-corrected chi connectivity index (χ3v) is 6.28. The van der Waals surface area contributed by atoms with Gasteiger partial charge < -0.3 is 20.3 Å². The van der Waals surface area contributed by atoms with Crippen LogP contribution >= 0.6 is 11.6 Å². The van der Waals surface area contributed by atoms with Gasteiger partial charge in [-0.3, -0.25) is 9.69 Å². The van der Waals surface area contributed by atoms with Crippen molar-refractivity contribution >= 4 is 17.6 Å². The fourth-order valence-electron chi connectivity index (χ4n) is 3.92. The number of piperidine rings is 1. The molecule has 2 atom stereocenters. The predicted octanol–water partition coefficient (Wildman–Crippen LogP) is 4.05. The number of aliphatic carboxylic acids is 1. The lowest BCUT2D eigenvalue weighted by Crippen LogP contribution is -2.49. The molecule has 0 aliphatic carbocycles. The number of ether oxygens (including phenoxy) is 1. The van der Waals surface area contributed by atoms with Crippen LogP contribution in [-0.2, 0) is 11.3 Å². The molecule has 1 unspecified atom stereocenters. The van der Waals surface area contributed by atoms with E-state index in [0.717, 1.165) is 43.6 Å². The molecule has 0 aromatic heterocycles. The highest BCUT2D eigenvalue weighted by Crippen LogP contribution is 2.28. The minimum Gasteiger partial charge on any atom is -0.490 e. The zero-order valence-electron chi connectivity index (χ0n) is 19.1. The monoisotopic (exact) mass is 478 g/mol. The summed E-state index contributed by atoms with van der Waals surface area (Å²) in [5.74, 6) is -2.25. The molecule has 3 N–H and O–H groups in total. The molecular weight excluding hydrogens is 447 g/mol. The number of aliphatic hydroxyl groups is 1. The standard InChI is InChI=1S/C25H32ClFN2O4/c1-17(24(30)31)22-8-7-20(27)13-23(22)33-16-25(2,32)15-28-21-9-11-29(12-10-21)14-18-3-5-19(26)6-4-18/h3-8,13,17,21,28,32H,9-12,14-16H2,1-2H3,(H,30,31)/t17?,25-/m0/s1. The van der Waals surface area contributed by atoms with Crippen LogP contribution < -0.4 is 10.1 Å². The van der Waals surface area contributed by atoms with Gasteiger partial charge in [0.05, 0.1) is 5.92 Å². The van der Waals surface area contributed by atoms with Gasteiger partial charge in [0.1, 0.15) is 23.8 Å². The number of carboxylic acids is 1. The van der Waals surface area contributed by atoms with E-state index in [-0.39, 0.29) is 18.4 Å². The number of nitrogens with one attached hydrogen (secondary N) is 1. The van der Waals surface area contributed by atoms with Crippen molar-refractivity contribution in [3.63, 3.8) is 0 Å². The Hall–Kier alpha value is -2.19. The number of carboxylic acid groups (broad SMARTS) is 1. The van der Waals surface area contributed by atoms with Crippen molar-refractivity contribution in [3.8, 4) is 5.75 Å². The first-order valence-electron chi connectivity index (χ1n) is 11.2. The lowest BCUT2D eigenvalue weighted by atomic mass is 10.00. The summed E-state index contributed by atoms with van der Waals surface area (Å²) in [4.78, 5) is 13.7. The van der Waals surface area contributed by atoms with Gasteiger partial charge in [0, 0.05) is 35.8 Å². The Balaban J connectivity index is 1.46. The second kappa shape index (κ2) is 11.3. The second-order valence-electron chi connectivity index (χ2n) is 9.09. The Kier molecular flexibility index (Phi) is 8.70. The maximum Gasteiger partial charge on any atom is 0.310 e. The van der Waals surface area contributed by atoms with Crippen molar-refractivity contribution in [2.24, 2.45) is 0 Å². The van der Waals surface area contributed by atoms with Gasteiger partial charge >= 0.3 is 5.97 Å². The normalized spacial score (nSPS) is 18.0. The number of carbonyl (C=O) groups is 1. The van der Waals surface area contributed by atoms with E-state index in [1.165, 1.54) is 24.6 Å². The highest BCUT2D eigenvalue weighted by molar-refractivity contribution is 6.30. The van der Waals surface area contributed by atoms with Crippen LogP contribution in [0.15, 0.2) is 42.5 Å². The molecule has 1 heterocycles. The first-order chi connectivity index (χ1) is 15.6. The van der Waals surface area contributed by atoms with Crippen LogP contribution in [0.1, 0.15) is 43.7 Å². The maximum atomic E-state index is 13.7. The average molecular weight is 479 g/mol. The van der Waals surface area contributed by atoms with Crippen LogP contribution in [0.2, 0.25) is 5.02 Å². The molecule has 33 heavy (non-hydrogen) atoms. The molecule has 180 valence electrons. The number of benzene rings is 2. The Bertz CT molecular complexity index is 931. The molecule has 0 saturated carbocycles. The van der Waals surface area contributed by atoms with Crippen LogP contribution in [0.5, 0.6) is 5.75 Å². The summed E-state index contributed by atoms with van der Waals surface area (Å²) >= 11 is 5.95. The van der Waals surface area contributed by atoms with Crippen molar-refractivity contribution in [3.05, 3.63) is 64.4 Å². The summed E-state index contributed by atoms with van der Waals surface area (Å²) in [5.41, 5.74) is 0.414. The van der Waals surface area contributed by atoms with Crippen LogP contribution in [0.4, 0.5) is 4.39 Å². The van der Waals surface area contributed by atoms with Gasteiger partial charge in [-0.15, -0.1) is 0 Å². The highest BCUT2D eigenvalue weighted by Gasteiger charge is 2.27. The zero-order valence-corrected chi connectivity index (χ0v) is 19.8. The number of hydrogen-bond acceptors (Lipinski definition) is 5. The van der Waals surface area contributed by atoms with E-state index in [9.17, 15) is 19.4 Å². The van der Waals surface area contributed by atoms with Crippen LogP contribution in [0, 0.1) is 5.82 Å². The van der Waals surface area contributed by atoms with Gasteiger partial charge in [-0.05, 0) is 63.5 Å². The molecule has 1 fully saturated rings. The molecule has 3 rings (SSSR count). The van der Waals surface area contributed by atoms with Crippen molar-refractivity contribution in [1.82, 2.24) is 10.2 Å². The summed E-state index contributed by atoms with van der Waals surface area (Å²) < 4.78 is 19.4. The van der Waals surface area contributed by atoms with Crippen molar-refractivity contribution in [2.45, 2.75) is 50.8 Å². The summed E-state index contributed by atoms with van der Waals surface area (Å²) in [6.07, 6.45) is 1.93. The third-order valence-electron chi connectivity index (χ3n) is 6.03. The second-order valence-corrected chi connectivity index (χ2v) is 9.52. The van der Waals surface area contributed by atoms with Crippen molar-refractivity contribution in [1.29, 1.82) is 0 Å². The molecule has 0 radical (unpaired) electrons. The van der Waals surface area contributed by atoms with E-state index < -0.39 is 23.3 Å². The van der Waals surface area contributed by atoms with Crippen LogP contribution in [-0.4, -0.2) is 59.0 Å². The molecular formula is C25H32ClFN2O4. The topological polar surface area (TPSA) is 82.0 Å². The molecule has 1 aliphatic rings. The van der Waals surface area contributed by atoms with Gasteiger partial charge in [-0.1, -0.05) is 29.8 Å². The zero-order chi connectivity index (χ0) is 24.0. The van der Waals surface area contributed by atoms with E-state index in [1.807, 2.05) is 24.3 Å². The molecule has 1 saturated heterocycles. The summed E-state index contributed by atoms with van der Waals surface area (Å²) in [6.45, 7) is 6.19. The van der Waals surface area contributed by atoms with Crippen LogP contribution in [0.25, 0.3) is 0 Å². The largest absolute Gasteiger partial charge is 0.490 e. The Morgan fingerprint density at radius 1 is 1.27 bits per heavy atom. The van der Waals surface area contributed by atoms with Gasteiger partial charge in [0.15, 0.2) is 0 Å². The number of rotatable bonds is 10. The van der Waals surface area contributed by atoms with E-state index in [1.54, 1.807) is 6.92 Å².